The summed E-state index contributed by atoms with van der Waals surface area (Å²) in [7, 11) is 0. The van der Waals surface area contributed by atoms with Gasteiger partial charge in [-0.2, -0.15) is 0 Å². The van der Waals surface area contributed by atoms with Gasteiger partial charge >= 0.3 is 0 Å². The van der Waals surface area contributed by atoms with Crippen molar-refractivity contribution in [2.45, 2.75) is 26.2 Å². The molecule has 6 heteroatoms. The standard InChI is InChI=1S/C22H23FN2O3/c1-15(26)17-5-7-20(8-6-17)24-22(28)18-9-11-25(12-10-18)21(27)14-16-3-2-4-19(23)13-16/h2-8,13,18H,9-12,14H2,1H3,(H,24,28). The Kier molecular flexibility index (Phi) is 6.19. The normalized spacial score (nSPS) is 14.6. The number of amides is 2. The Morgan fingerprint density at radius 3 is 2.36 bits per heavy atom. The van der Waals surface area contributed by atoms with Gasteiger partial charge in [-0.25, -0.2) is 4.39 Å². The number of Topliss-reactive ketones (excluding diaryl/α,β-unsaturated/α-hetero) is 1. The van der Waals surface area contributed by atoms with Gasteiger partial charge in [-0.05, 0) is 61.7 Å². The highest BCUT2D eigenvalue weighted by atomic mass is 19.1. The molecule has 2 amide bonds. The van der Waals surface area contributed by atoms with Crippen molar-refractivity contribution in [3.05, 3.63) is 65.5 Å². The summed E-state index contributed by atoms with van der Waals surface area (Å²) in [6.07, 6.45) is 1.34. The van der Waals surface area contributed by atoms with Crippen molar-refractivity contribution < 1.29 is 18.8 Å². The number of benzene rings is 2. The molecule has 0 saturated carbocycles. The Hall–Kier alpha value is -3.02. The first-order chi connectivity index (χ1) is 13.4. The van der Waals surface area contributed by atoms with Gasteiger partial charge < -0.3 is 10.2 Å². The average molecular weight is 382 g/mol. The molecule has 1 aliphatic heterocycles. The Balaban J connectivity index is 1.49. The van der Waals surface area contributed by atoms with Crippen LogP contribution >= 0.6 is 0 Å². The molecule has 1 heterocycles. The molecule has 0 aliphatic carbocycles. The van der Waals surface area contributed by atoms with Gasteiger partial charge in [-0.1, -0.05) is 12.1 Å². The molecule has 3 rings (SSSR count). The lowest BCUT2D eigenvalue weighted by Gasteiger charge is -2.31. The van der Waals surface area contributed by atoms with Gasteiger partial charge in [0.05, 0.1) is 6.42 Å². The predicted molar refractivity (Wildman–Crippen MR) is 104 cm³/mol. The molecule has 1 N–H and O–H groups in total. The third kappa shape index (κ3) is 5.03. The van der Waals surface area contributed by atoms with Gasteiger partial charge in [-0.15, -0.1) is 0 Å². The zero-order chi connectivity index (χ0) is 20.1. The number of carbonyl (C=O) groups excluding carboxylic acids is 3. The molecule has 28 heavy (non-hydrogen) atoms. The van der Waals surface area contributed by atoms with Crippen LogP contribution in [0.25, 0.3) is 0 Å². The topological polar surface area (TPSA) is 66.5 Å². The Labute approximate surface area is 163 Å². The highest BCUT2D eigenvalue weighted by Gasteiger charge is 2.27. The number of piperidine rings is 1. The quantitative estimate of drug-likeness (QED) is 0.806. The summed E-state index contributed by atoms with van der Waals surface area (Å²) >= 11 is 0. The minimum absolute atomic E-state index is 0.0202. The van der Waals surface area contributed by atoms with Crippen LogP contribution in [0.3, 0.4) is 0 Å². The monoisotopic (exact) mass is 382 g/mol. The molecule has 1 aliphatic rings. The molecule has 5 nitrogen and oxygen atoms in total. The molecule has 0 radical (unpaired) electrons. The summed E-state index contributed by atoms with van der Waals surface area (Å²) < 4.78 is 13.3. The zero-order valence-electron chi connectivity index (χ0n) is 15.8. The molecule has 1 saturated heterocycles. The zero-order valence-corrected chi connectivity index (χ0v) is 15.8. The second-order valence-corrected chi connectivity index (χ2v) is 7.08. The minimum atomic E-state index is -0.350. The van der Waals surface area contributed by atoms with E-state index in [9.17, 15) is 18.8 Å². The van der Waals surface area contributed by atoms with E-state index in [-0.39, 0.29) is 35.8 Å². The number of halogens is 1. The molecule has 0 unspecified atom stereocenters. The number of rotatable bonds is 5. The maximum atomic E-state index is 13.3. The molecule has 0 atom stereocenters. The van der Waals surface area contributed by atoms with E-state index in [2.05, 4.69) is 5.32 Å². The Morgan fingerprint density at radius 2 is 1.75 bits per heavy atom. The van der Waals surface area contributed by atoms with Crippen molar-refractivity contribution in [3.8, 4) is 0 Å². The first kappa shape index (κ1) is 19.7. The van der Waals surface area contributed by atoms with Gasteiger partial charge in [0.25, 0.3) is 0 Å². The second-order valence-electron chi connectivity index (χ2n) is 7.08. The maximum absolute atomic E-state index is 13.3. The van der Waals surface area contributed by atoms with Gasteiger partial charge in [0, 0.05) is 30.3 Å². The number of ketones is 1. The first-order valence-electron chi connectivity index (χ1n) is 9.36. The van der Waals surface area contributed by atoms with E-state index >= 15 is 0 Å². The van der Waals surface area contributed by atoms with E-state index in [1.807, 2.05) is 0 Å². The van der Waals surface area contributed by atoms with Gasteiger partial charge in [-0.3, -0.25) is 14.4 Å². The fourth-order valence-corrected chi connectivity index (χ4v) is 3.36. The van der Waals surface area contributed by atoms with Crippen LogP contribution < -0.4 is 5.32 Å². The summed E-state index contributed by atoms with van der Waals surface area (Å²) in [6, 6.07) is 12.9. The van der Waals surface area contributed by atoms with Crippen LogP contribution in [0.4, 0.5) is 10.1 Å². The van der Waals surface area contributed by atoms with Crippen LogP contribution in [0, 0.1) is 11.7 Å². The van der Waals surface area contributed by atoms with Crippen molar-refractivity contribution in [2.24, 2.45) is 5.92 Å². The molecular formula is C22H23FN2O3. The number of likely N-dealkylation sites (tertiary alicyclic amines) is 1. The summed E-state index contributed by atoms with van der Waals surface area (Å²) in [5, 5.41) is 2.87. The van der Waals surface area contributed by atoms with Crippen LogP contribution in [0.5, 0.6) is 0 Å². The summed E-state index contributed by atoms with van der Waals surface area (Å²) in [5.74, 6) is -0.659. The first-order valence-corrected chi connectivity index (χ1v) is 9.36. The number of anilines is 1. The van der Waals surface area contributed by atoms with E-state index < -0.39 is 0 Å². The van der Waals surface area contributed by atoms with Gasteiger partial charge in [0.1, 0.15) is 5.82 Å². The number of hydrogen-bond donors (Lipinski definition) is 1. The van der Waals surface area contributed by atoms with Crippen molar-refractivity contribution in [3.63, 3.8) is 0 Å². The molecular weight excluding hydrogens is 359 g/mol. The van der Waals surface area contributed by atoms with Gasteiger partial charge in [0.2, 0.25) is 11.8 Å². The van der Waals surface area contributed by atoms with Crippen molar-refractivity contribution in [2.75, 3.05) is 18.4 Å². The van der Waals surface area contributed by atoms with E-state index in [4.69, 9.17) is 0 Å². The summed E-state index contributed by atoms with van der Waals surface area (Å²) in [5.41, 5.74) is 1.90. The fraction of sp³-hybridized carbons (Fsp3) is 0.318. The van der Waals surface area contributed by atoms with Crippen LogP contribution in [0.2, 0.25) is 0 Å². The number of hydrogen-bond acceptors (Lipinski definition) is 3. The van der Waals surface area contributed by atoms with Gasteiger partial charge in [0.15, 0.2) is 5.78 Å². The second kappa shape index (κ2) is 8.78. The van der Waals surface area contributed by atoms with E-state index in [0.29, 0.717) is 42.7 Å². The van der Waals surface area contributed by atoms with E-state index in [1.165, 1.54) is 19.1 Å². The number of carbonyl (C=O) groups is 3. The van der Waals surface area contributed by atoms with Crippen LogP contribution in [0.15, 0.2) is 48.5 Å². The van der Waals surface area contributed by atoms with Crippen LogP contribution in [-0.4, -0.2) is 35.6 Å². The molecule has 1 fully saturated rings. The highest BCUT2D eigenvalue weighted by molar-refractivity contribution is 5.96. The third-order valence-electron chi connectivity index (χ3n) is 5.02. The van der Waals surface area contributed by atoms with Crippen LogP contribution in [-0.2, 0) is 16.0 Å². The Morgan fingerprint density at radius 1 is 1.07 bits per heavy atom. The van der Waals surface area contributed by atoms with E-state index in [0.717, 1.165) is 0 Å². The summed E-state index contributed by atoms with van der Waals surface area (Å²) in [6.45, 7) is 2.52. The molecule has 2 aromatic rings. The highest BCUT2D eigenvalue weighted by Crippen LogP contribution is 2.21. The molecule has 0 spiro atoms. The van der Waals surface area contributed by atoms with E-state index in [1.54, 1.807) is 41.3 Å². The lowest BCUT2D eigenvalue weighted by molar-refractivity contribution is -0.133. The molecule has 0 bridgehead atoms. The number of nitrogens with zero attached hydrogens (tertiary/aromatic N) is 1. The Bertz CT molecular complexity index is 872. The predicted octanol–water partition coefficient (Wildman–Crippen LogP) is 3.45. The van der Waals surface area contributed by atoms with Crippen molar-refractivity contribution >= 4 is 23.3 Å². The van der Waals surface area contributed by atoms with Crippen molar-refractivity contribution in [1.29, 1.82) is 0 Å². The lowest BCUT2D eigenvalue weighted by Crippen LogP contribution is -2.42. The smallest absolute Gasteiger partial charge is 0.227 e. The molecule has 0 aromatic heterocycles. The lowest BCUT2D eigenvalue weighted by atomic mass is 9.95. The molecule has 2 aromatic carbocycles. The largest absolute Gasteiger partial charge is 0.342 e. The fourth-order valence-electron chi connectivity index (χ4n) is 3.36. The van der Waals surface area contributed by atoms with Crippen LogP contribution in [0.1, 0.15) is 35.7 Å². The average Bonchev–Trinajstić information content (AvgIpc) is 2.68. The SMILES string of the molecule is CC(=O)c1ccc(NC(=O)C2CCN(C(=O)Cc3cccc(F)c3)CC2)cc1. The maximum Gasteiger partial charge on any atom is 0.227 e. The summed E-state index contributed by atoms with van der Waals surface area (Å²) in [4.78, 5) is 37.9. The third-order valence-corrected chi connectivity index (χ3v) is 5.02. The molecule has 146 valence electrons. The van der Waals surface area contributed by atoms with Crippen molar-refractivity contribution in [1.82, 2.24) is 4.90 Å². The minimum Gasteiger partial charge on any atom is -0.342 e. The number of nitrogens with one attached hydrogen (secondary N) is 1.